The summed E-state index contributed by atoms with van der Waals surface area (Å²) in [6, 6.07) is 12.7. The Labute approximate surface area is 195 Å². The van der Waals surface area contributed by atoms with Crippen molar-refractivity contribution >= 4 is 72.5 Å². The van der Waals surface area contributed by atoms with E-state index in [2.05, 4.69) is 46.8 Å². The summed E-state index contributed by atoms with van der Waals surface area (Å²) in [6.07, 6.45) is 4.60. The minimum Gasteiger partial charge on any atom is -0.361 e. The van der Waals surface area contributed by atoms with E-state index in [4.69, 9.17) is 28.2 Å². The van der Waals surface area contributed by atoms with Gasteiger partial charge < -0.3 is 10.6 Å². The first kappa shape index (κ1) is 21.8. The van der Waals surface area contributed by atoms with Crippen LogP contribution in [0.15, 0.2) is 41.4 Å². The number of benzene rings is 2. The molecular formula is C22H24Cl2N4S2. The minimum atomic E-state index is 0.470. The van der Waals surface area contributed by atoms with Gasteiger partial charge in [-0.15, -0.1) is 0 Å². The molecule has 0 amide bonds. The van der Waals surface area contributed by atoms with Crippen LogP contribution in [0, 0.1) is 0 Å². The van der Waals surface area contributed by atoms with Crippen LogP contribution in [-0.2, 0) is 6.42 Å². The van der Waals surface area contributed by atoms with Crippen LogP contribution in [0.5, 0.6) is 0 Å². The quantitative estimate of drug-likeness (QED) is 0.355. The average molecular weight is 480 g/mol. The van der Waals surface area contributed by atoms with Crippen molar-refractivity contribution in [2.24, 2.45) is 4.99 Å². The Morgan fingerprint density at radius 1 is 1.13 bits per heavy atom. The minimum absolute atomic E-state index is 0.470. The lowest BCUT2D eigenvalue weighted by Crippen LogP contribution is -2.06. The number of nitrogens with one attached hydrogen (secondary N) is 2. The maximum absolute atomic E-state index is 6.09. The zero-order valence-electron chi connectivity index (χ0n) is 16.8. The maximum atomic E-state index is 6.09. The molecule has 2 N–H and O–H groups in total. The number of anilines is 2. The van der Waals surface area contributed by atoms with Crippen molar-refractivity contribution in [2.45, 2.75) is 38.6 Å². The number of hydrogen-bond donors (Lipinski definition) is 2. The van der Waals surface area contributed by atoms with Crippen molar-refractivity contribution in [3.05, 3.63) is 52.0 Å². The highest BCUT2D eigenvalue weighted by Crippen LogP contribution is 2.33. The molecule has 0 saturated heterocycles. The van der Waals surface area contributed by atoms with Gasteiger partial charge in [0.1, 0.15) is 0 Å². The van der Waals surface area contributed by atoms with E-state index < -0.39 is 0 Å². The van der Waals surface area contributed by atoms with Crippen LogP contribution in [0.4, 0.5) is 10.8 Å². The van der Waals surface area contributed by atoms with Crippen molar-refractivity contribution in [2.75, 3.05) is 22.9 Å². The van der Waals surface area contributed by atoms with Crippen molar-refractivity contribution < 1.29 is 0 Å². The lowest BCUT2D eigenvalue weighted by molar-refractivity contribution is 0.630. The predicted octanol–water partition coefficient (Wildman–Crippen LogP) is 7.33. The molecule has 1 atom stereocenters. The average Bonchev–Trinajstić information content (AvgIpc) is 3.34. The van der Waals surface area contributed by atoms with Gasteiger partial charge in [-0.3, -0.25) is 4.99 Å². The van der Waals surface area contributed by atoms with Gasteiger partial charge in [-0.05, 0) is 42.7 Å². The monoisotopic (exact) mass is 478 g/mol. The summed E-state index contributed by atoms with van der Waals surface area (Å²) in [5, 5.41) is 9.87. The number of nitrogens with zero attached hydrogens (tertiary/aromatic N) is 2. The molecular weight excluding hydrogens is 455 g/mol. The molecule has 0 fully saturated rings. The van der Waals surface area contributed by atoms with Crippen LogP contribution < -0.4 is 10.6 Å². The van der Waals surface area contributed by atoms with Crippen LogP contribution in [-0.4, -0.2) is 28.5 Å². The Kier molecular flexibility index (Phi) is 7.41. The number of rotatable bonds is 8. The third-order valence-electron chi connectivity index (χ3n) is 4.93. The fraction of sp³-hybridized carbons (Fsp3) is 0.364. The molecule has 1 aliphatic heterocycles. The molecule has 8 heteroatoms. The molecule has 158 valence electrons. The first-order valence-electron chi connectivity index (χ1n) is 10.2. The highest BCUT2D eigenvalue weighted by atomic mass is 35.5. The summed E-state index contributed by atoms with van der Waals surface area (Å²) in [5.41, 5.74) is 3.24. The van der Waals surface area contributed by atoms with Gasteiger partial charge in [0.2, 0.25) is 0 Å². The summed E-state index contributed by atoms with van der Waals surface area (Å²) in [6.45, 7) is 3.04. The molecule has 0 spiro atoms. The van der Waals surface area contributed by atoms with E-state index in [9.17, 15) is 0 Å². The van der Waals surface area contributed by atoms with Crippen molar-refractivity contribution in [1.82, 2.24) is 4.98 Å². The highest BCUT2D eigenvalue weighted by Gasteiger charge is 2.17. The van der Waals surface area contributed by atoms with Crippen LogP contribution >= 0.6 is 46.3 Å². The summed E-state index contributed by atoms with van der Waals surface area (Å²) in [7, 11) is 0. The van der Waals surface area contributed by atoms with Gasteiger partial charge >= 0.3 is 0 Å². The van der Waals surface area contributed by atoms with E-state index in [-0.39, 0.29) is 0 Å². The molecule has 4 rings (SSSR count). The lowest BCUT2D eigenvalue weighted by atomic mass is 10.1. The number of unbranched alkanes of at least 4 members (excludes halogenated alkanes) is 1. The molecule has 3 aromatic rings. The zero-order valence-corrected chi connectivity index (χ0v) is 19.9. The second-order valence-electron chi connectivity index (χ2n) is 7.29. The second-order valence-corrected chi connectivity index (χ2v) is 10.1. The van der Waals surface area contributed by atoms with Gasteiger partial charge in [-0.2, -0.15) is 0 Å². The number of hydrogen-bond acceptors (Lipinski definition) is 6. The molecule has 2 heterocycles. The Balaban J connectivity index is 1.27. The topological polar surface area (TPSA) is 49.3 Å². The number of fused-ring (bicyclic) bond motifs is 1. The first-order chi connectivity index (χ1) is 14.6. The largest absolute Gasteiger partial charge is 0.361 e. The Morgan fingerprint density at radius 2 is 1.93 bits per heavy atom. The van der Waals surface area contributed by atoms with Gasteiger partial charge in [-0.1, -0.05) is 78.2 Å². The van der Waals surface area contributed by atoms with E-state index in [0.717, 1.165) is 44.9 Å². The summed E-state index contributed by atoms with van der Waals surface area (Å²) in [4.78, 5) is 9.37. The molecule has 0 aliphatic carbocycles. The summed E-state index contributed by atoms with van der Waals surface area (Å²) < 4.78 is 1.03. The first-order valence-corrected chi connectivity index (χ1v) is 12.7. The molecule has 4 nitrogen and oxygen atoms in total. The Bertz CT molecular complexity index is 995. The van der Waals surface area contributed by atoms with Crippen molar-refractivity contribution in [1.29, 1.82) is 0 Å². The van der Waals surface area contributed by atoms with E-state index >= 15 is 0 Å². The molecule has 0 radical (unpaired) electrons. The fourth-order valence-corrected chi connectivity index (χ4v) is 5.57. The number of aromatic nitrogens is 1. The molecule has 0 bridgehead atoms. The van der Waals surface area contributed by atoms with E-state index in [1.807, 2.05) is 23.9 Å². The van der Waals surface area contributed by atoms with Crippen molar-refractivity contribution in [3.8, 4) is 0 Å². The van der Waals surface area contributed by atoms with Gasteiger partial charge in [0.15, 0.2) is 10.3 Å². The Hall–Kier alpha value is -1.47. The molecule has 1 unspecified atom stereocenters. The van der Waals surface area contributed by atoms with Crippen LogP contribution in [0.2, 0.25) is 10.0 Å². The predicted molar refractivity (Wildman–Crippen MR) is 135 cm³/mol. The zero-order chi connectivity index (χ0) is 20.9. The van der Waals surface area contributed by atoms with Crippen molar-refractivity contribution in [3.63, 3.8) is 0 Å². The van der Waals surface area contributed by atoms with Gasteiger partial charge in [-0.25, -0.2) is 4.98 Å². The van der Waals surface area contributed by atoms with Crippen LogP contribution in [0.1, 0.15) is 31.7 Å². The van der Waals surface area contributed by atoms with Crippen LogP contribution in [0.25, 0.3) is 10.2 Å². The molecule has 1 aliphatic rings. The van der Waals surface area contributed by atoms with Gasteiger partial charge in [0.05, 0.1) is 26.3 Å². The summed E-state index contributed by atoms with van der Waals surface area (Å²) >= 11 is 15.6. The molecule has 1 aromatic heterocycles. The SMILES string of the molecule is CCCCC1CSC(Nc2ccc(CCNc3nc4cc(Cl)c(Cl)cc4s3)cc2)=N1. The molecule has 2 aromatic carbocycles. The van der Waals surface area contributed by atoms with Crippen LogP contribution in [0.3, 0.4) is 0 Å². The van der Waals surface area contributed by atoms with Gasteiger partial charge in [0.25, 0.3) is 0 Å². The smallest absolute Gasteiger partial charge is 0.183 e. The highest BCUT2D eigenvalue weighted by molar-refractivity contribution is 8.14. The standard InChI is InChI=1S/C22H24Cl2N4S2/c1-2-3-4-16-13-29-22(27-16)26-15-7-5-14(6-8-15)9-10-25-21-28-19-11-17(23)18(24)12-20(19)30-21/h5-8,11-12,16H,2-4,9-10,13H2,1H3,(H,25,28)(H,26,27). The van der Waals surface area contributed by atoms with E-state index in [1.54, 1.807) is 11.3 Å². The number of thioether (sulfide) groups is 1. The van der Waals surface area contributed by atoms with E-state index in [1.165, 1.54) is 24.8 Å². The Morgan fingerprint density at radius 3 is 2.73 bits per heavy atom. The molecule has 0 saturated carbocycles. The van der Waals surface area contributed by atoms with Gasteiger partial charge in [0, 0.05) is 18.0 Å². The second kappa shape index (κ2) is 10.2. The lowest BCUT2D eigenvalue weighted by Gasteiger charge is -2.07. The third kappa shape index (κ3) is 5.61. The van der Waals surface area contributed by atoms with E-state index in [0.29, 0.717) is 16.1 Å². The fourth-order valence-electron chi connectivity index (χ4n) is 3.26. The number of aliphatic imine (C=N–C) groups is 1. The number of amidine groups is 1. The number of halogens is 2. The third-order valence-corrected chi connectivity index (χ3v) is 7.66. The molecule has 30 heavy (non-hydrogen) atoms. The maximum Gasteiger partial charge on any atom is 0.183 e. The number of thiazole rings is 1. The summed E-state index contributed by atoms with van der Waals surface area (Å²) in [5.74, 6) is 1.09. The normalized spacial score (nSPS) is 16.1.